The van der Waals surface area contributed by atoms with Crippen molar-refractivity contribution < 1.29 is 13.5 Å². The second-order valence-electron chi connectivity index (χ2n) is 7.72. The maximum absolute atomic E-state index is 13.6. The molecule has 0 unspecified atom stereocenters. The van der Waals surface area contributed by atoms with Crippen LogP contribution in [0.2, 0.25) is 0 Å². The van der Waals surface area contributed by atoms with Crippen molar-refractivity contribution in [3.63, 3.8) is 0 Å². The quantitative estimate of drug-likeness (QED) is 0.712. The molecule has 0 saturated heterocycles. The van der Waals surface area contributed by atoms with E-state index in [1.807, 2.05) is 43.3 Å². The van der Waals surface area contributed by atoms with Gasteiger partial charge in [-0.15, -0.1) is 6.58 Å². The monoisotopic (exact) mass is 384 g/mol. The summed E-state index contributed by atoms with van der Waals surface area (Å²) in [5.74, 6) is 0. The second kappa shape index (κ2) is 7.61. The number of hydrogen-bond donors (Lipinski definition) is 1. The fourth-order valence-electron chi connectivity index (χ4n) is 4.63. The number of aliphatic hydroxyl groups is 1. The Balaban J connectivity index is 1.94. The first kappa shape index (κ1) is 19.8. The molecule has 1 aliphatic carbocycles. The first-order valence-corrected chi connectivity index (χ1v) is 11.0. The Morgan fingerprint density at radius 3 is 2.26 bits per heavy atom. The van der Waals surface area contributed by atoms with Crippen LogP contribution in [0.5, 0.6) is 0 Å². The molecule has 0 heterocycles. The van der Waals surface area contributed by atoms with Crippen LogP contribution in [0.3, 0.4) is 0 Å². The molecular weight excluding hydrogens is 356 g/mol. The van der Waals surface area contributed by atoms with Crippen LogP contribution in [0.4, 0.5) is 0 Å². The van der Waals surface area contributed by atoms with Crippen molar-refractivity contribution in [2.75, 3.05) is 0 Å². The summed E-state index contributed by atoms with van der Waals surface area (Å²) in [6.45, 7) is 5.83. The van der Waals surface area contributed by atoms with Gasteiger partial charge in [0.2, 0.25) is 0 Å². The average molecular weight is 385 g/mol. The van der Waals surface area contributed by atoms with E-state index in [0.29, 0.717) is 24.2 Å². The molecule has 2 aromatic carbocycles. The molecule has 1 aliphatic rings. The van der Waals surface area contributed by atoms with Crippen LogP contribution in [0.25, 0.3) is 0 Å². The molecule has 2 aromatic rings. The number of benzene rings is 2. The number of hydrogen-bond acceptors (Lipinski definition) is 3. The molecule has 0 amide bonds. The molecule has 1 N–H and O–H groups in total. The molecule has 144 valence electrons. The van der Waals surface area contributed by atoms with Gasteiger partial charge in [-0.2, -0.15) is 0 Å². The normalized spacial score (nSPS) is 26.6. The predicted octanol–water partition coefficient (Wildman–Crippen LogP) is 4.57. The Labute approximate surface area is 162 Å². The molecule has 0 bridgehead atoms. The van der Waals surface area contributed by atoms with Crippen LogP contribution < -0.4 is 0 Å². The first-order valence-electron chi connectivity index (χ1n) is 9.53. The average Bonchev–Trinajstić information content (AvgIpc) is 3.06. The zero-order valence-corrected chi connectivity index (χ0v) is 16.7. The molecule has 0 radical (unpaired) electrons. The minimum absolute atomic E-state index is 0.299. The zero-order valence-electron chi connectivity index (χ0n) is 15.8. The molecule has 3 rings (SSSR count). The molecule has 0 spiro atoms. The highest BCUT2D eigenvalue weighted by Crippen LogP contribution is 2.56. The van der Waals surface area contributed by atoms with Gasteiger partial charge in [-0.3, -0.25) is 0 Å². The third kappa shape index (κ3) is 3.26. The molecule has 3 atom stereocenters. The zero-order chi connectivity index (χ0) is 19.5. The minimum Gasteiger partial charge on any atom is -0.392 e. The number of aliphatic hydroxyl groups excluding tert-OH is 1. The van der Waals surface area contributed by atoms with E-state index in [1.165, 1.54) is 0 Å². The van der Waals surface area contributed by atoms with Crippen molar-refractivity contribution in [2.45, 2.75) is 54.8 Å². The van der Waals surface area contributed by atoms with Gasteiger partial charge in [-0.1, -0.05) is 68.0 Å². The summed E-state index contributed by atoms with van der Waals surface area (Å²) < 4.78 is 26.0. The van der Waals surface area contributed by atoms with E-state index in [-0.39, 0.29) is 0 Å². The van der Waals surface area contributed by atoms with Gasteiger partial charge < -0.3 is 5.11 Å². The van der Waals surface area contributed by atoms with Crippen LogP contribution >= 0.6 is 0 Å². The maximum Gasteiger partial charge on any atom is 0.188 e. The van der Waals surface area contributed by atoms with Gasteiger partial charge >= 0.3 is 0 Å². The Morgan fingerprint density at radius 1 is 1.07 bits per heavy atom. The summed E-state index contributed by atoms with van der Waals surface area (Å²) in [4.78, 5) is 0.299. The highest BCUT2D eigenvalue weighted by atomic mass is 32.2. The van der Waals surface area contributed by atoms with Gasteiger partial charge in [0.05, 0.1) is 11.0 Å². The van der Waals surface area contributed by atoms with Crippen molar-refractivity contribution in [3.8, 4) is 0 Å². The summed E-state index contributed by atoms with van der Waals surface area (Å²) in [7, 11) is -3.66. The summed E-state index contributed by atoms with van der Waals surface area (Å²) in [5, 5.41) is 11.1. The van der Waals surface area contributed by atoms with E-state index in [2.05, 4.69) is 6.58 Å². The molecular formula is C23H28O3S. The van der Waals surface area contributed by atoms with Crippen molar-refractivity contribution in [3.05, 3.63) is 78.9 Å². The van der Waals surface area contributed by atoms with Crippen LogP contribution in [-0.4, -0.2) is 24.4 Å². The predicted molar refractivity (Wildman–Crippen MR) is 109 cm³/mol. The molecule has 4 heteroatoms. The van der Waals surface area contributed by atoms with E-state index >= 15 is 0 Å². The van der Waals surface area contributed by atoms with Crippen molar-refractivity contribution in [1.82, 2.24) is 0 Å². The lowest BCUT2D eigenvalue weighted by Gasteiger charge is -2.44. The van der Waals surface area contributed by atoms with Gasteiger partial charge in [-0.05, 0) is 43.4 Å². The third-order valence-electron chi connectivity index (χ3n) is 6.36. The molecule has 27 heavy (non-hydrogen) atoms. The Morgan fingerprint density at radius 2 is 1.67 bits per heavy atom. The summed E-state index contributed by atoms with van der Waals surface area (Å²) >= 11 is 0. The SMILES string of the molecule is C=C[C@]1(S(=O)(=O)c2ccccc2)CCC[C@]1(C)[C@@H](O)CCc1ccccc1. The van der Waals surface area contributed by atoms with Gasteiger partial charge in [0.25, 0.3) is 0 Å². The maximum atomic E-state index is 13.6. The lowest BCUT2D eigenvalue weighted by atomic mass is 9.72. The van der Waals surface area contributed by atoms with E-state index < -0.39 is 26.1 Å². The largest absolute Gasteiger partial charge is 0.392 e. The molecule has 3 nitrogen and oxygen atoms in total. The molecule has 0 aliphatic heterocycles. The number of sulfone groups is 1. The number of aryl methyl sites for hydroxylation is 1. The summed E-state index contributed by atoms with van der Waals surface area (Å²) in [5.41, 5.74) is 0.381. The fourth-order valence-corrected chi connectivity index (χ4v) is 7.05. The molecule has 1 saturated carbocycles. The Hall–Kier alpha value is -1.91. The Kier molecular flexibility index (Phi) is 5.59. The number of rotatable bonds is 7. The van der Waals surface area contributed by atoms with E-state index in [9.17, 15) is 13.5 Å². The Bertz CT molecular complexity index is 876. The van der Waals surface area contributed by atoms with E-state index in [0.717, 1.165) is 18.4 Å². The first-order chi connectivity index (χ1) is 12.9. The van der Waals surface area contributed by atoms with Gasteiger partial charge in [0, 0.05) is 5.41 Å². The van der Waals surface area contributed by atoms with Gasteiger partial charge in [-0.25, -0.2) is 8.42 Å². The summed E-state index contributed by atoms with van der Waals surface area (Å²) in [6.07, 6.45) is 4.02. The van der Waals surface area contributed by atoms with Crippen molar-refractivity contribution >= 4 is 9.84 Å². The minimum atomic E-state index is -3.66. The molecule has 1 fully saturated rings. The second-order valence-corrected chi connectivity index (χ2v) is 9.93. The molecule has 0 aromatic heterocycles. The smallest absolute Gasteiger partial charge is 0.188 e. The lowest BCUT2D eigenvalue weighted by Crippen LogP contribution is -2.53. The standard InChI is InChI=1S/C23H28O3S/c1-3-23(27(25,26)20-13-8-5-9-14-20)18-10-17-22(23,2)21(24)16-15-19-11-6-4-7-12-19/h3-9,11-14,21,24H,1,10,15-18H2,2H3/t21-,22+,23-/m0/s1. The summed E-state index contributed by atoms with van der Waals surface area (Å²) in [6, 6.07) is 18.5. The lowest BCUT2D eigenvalue weighted by molar-refractivity contribution is 0.0231. The van der Waals surface area contributed by atoms with Crippen LogP contribution in [-0.2, 0) is 16.3 Å². The fraction of sp³-hybridized carbons (Fsp3) is 0.391. The van der Waals surface area contributed by atoms with E-state index in [4.69, 9.17) is 0 Å². The van der Waals surface area contributed by atoms with Crippen LogP contribution in [0.1, 0.15) is 38.2 Å². The van der Waals surface area contributed by atoms with Crippen molar-refractivity contribution in [2.24, 2.45) is 5.41 Å². The highest BCUT2D eigenvalue weighted by Gasteiger charge is 2.61. The topological polar surface area (TPSA) is 54.4 Å². The van der Waals surface area contributed by atoms with Gasteiger partial charge in [0.1, 0.15) is 4.75 Å². The van der Waals surface area contributed by atoms with Crippen LogP contribution in [0.15, 0.2) is 78.2 Å². The van der Waals surface area contributed by atoms with Crippen LogP contribution in [0, 0.1) is 5.41 Å². The highest BCUT2D eigenvalue weighted by molar-refractivity contribution is 7.93. The van der Waals surface area contributed by atoms with Crippen molar-refractivity contribution in [1.29, 1.82) is 0 Å². The van der Waals surface area contributed by atoms with Gasteiger partial charge in [0.15, 0.2) is 9.84 Å². The third-order valence-corrected chi connectivity index (χ3v) is 9.05. The van der Waals surface area contributed by atoms with E-state index in [1.54, 1.807) is 30.3 Å².